The number of aliphatic carboxylic acids is 1. The first kappa shape index (κ1) is 32.0. The molecule has 39 heavy (non-hydrogen) atoms. The van der Waals surface area contributed by atoms with Crippen LogP contribution in [0.4, 0.5) is 13.2 Å². The fourth-order valence-electron chi connectivity index (χ4n) is 4.26. The molecule has 0 saturated carbocycles. The van der Waals surface area contributed by atoms with Gasteiger partial charge in [-0.15, -0.1) is 0 Å². The molecule has 9 N–H and O–H groups in total. The molecule has 0 aromatic heterocycles. The molecule has 1 saturated heterocycles. The summed E-state index contributed by atoms with van der Waals surface area (Å²) in [7, 11) is 0. The molecular formula is C25H37F3N6O5. The van der Waals surface area contributed by atoms with E-state index >= 15 is 0 Å². The molecule has 1 aromatic rings. The Balaban J connectivity index is 2.13. The zero-order chi connectivity index (χ0) is 29.2. The number of alkyl halides is 3. The van der Waals surface area contributed by atoms with Crippen LogP contribution in [0.1, 0.15) is 44.1 Å². The fraction of sp³-hybridized carbons (Fsp3) is 0.600. The molecule has 3 amide bonds. The van der Waals surface area contributed by atoms with Crippen LogP contribution in [-0.2, 0) is 25.6 Å². The molecule has 2 rings (SSSR count). The van der Waals surface area contributed by atoms with Crippen LogP contribution < -0.4 is 27.8 Å². The number of piperidine rings is 1. The van der Waals surface area contributed by atoms with Crippen molar-refractivity contribution >= 4 is 23.7 Å². The summed E-state index contributed by atoms with van der Waals surface area (Å²) >= 11 is 0. The van der Waals surface area contributed by atoms with E-state index in [1.54, 1.807) is 30.3 Å². The van der Waals surface area contributed by atoms with Crippen LogP contribution in [0, 0.1) is 0 Å². The molecule has 1 aliphatic rings. The molecule has 0 bridgehead atoms. The monoisotopic (exact) mass is 558 g/mol. The number of benzene rings is 1. The standard InChI is InChI=1S/C25H37F3N6O5/c26-25(27,28)15-19(33-20(35)17(30)14-16-6-2-1-3-7-16)21(36)32-18(8-4-5-11-29)22(37)34-12-9-24(31,10-13-34)23(38)39/h1-3,6-7,17-19H,4-5,8-15,29-31H2,(H,32,36)(H,33,35)(H,38,39)/t17-,18-,19?/m1/s1. The van der Waals surface area contributed by atoms with Gasteiger partial charge in [0.15, 0.2) is 0 Å². The third-order valence-corrected chi connectivity index (χ3v) is 6.66. The molecular weight excluding hydrogens is 521 g/mol. The van der Waals surface area contributed by atoms with E-state index < -0.39 is 60.0 Å². The van der Waals surface area contributed by atoms with Crippen LogP contribution in [0.25, 0.3) is 0 Å². The van der Waals surface area contributed by atoms with Crippen LogP contribution in [0.2, 0.25) is 0 Å². The van der Waals surface area contributed by atoms with Gasteiger partial charge in [0.05, 0.1) is 12.5 Å². The molecule has 1 heterocycles. The maximum absolute atomic E-state index is 13.3. The first-order valence-corrected chi connectivity index (χ1v) is 12.7. The quantitative estimate of drug-likeness (QED) is 0.182. The number of hydrogen-bond acceptors (Lipinski definition) is 7. The van der Waals surface area contributed by atoms with Crippen molar-refractivity contribution in [2.24, 2.45) is 17.2 Å². The number of amides is 3. The van der Waals surface area contributed by atoms with Gasteiger partial charge in [-0.25, -0.2) is 0 Å². The molecule has 1 fully saturated rings. The van der Waals surface area contributed by atoms with Crippen molar-refractivity contribution in [2.75, 3.05) is 19.6 Å². The molecule has 1 aliphatic heterocycles. The highest BCUT2D eigenvalue weighted by atomic mass is 19.4. The lowest BCUT2D eigenvalue weighted by molar-refractivity contribution is -0.153. The predicted octanol–water partition coefficient (Wildman–Crippen LogP) is 0.0119. The second-order valence-corrected chi connectivity index (χ2v) is 9.81. The third-order valence-electron chi connectivity index (χ3n) is 6.66. The number of unbranched alkanes of at least 4 members (excludes halogenated alkanes) is 1. The molecule has 0 spiro atoms. The number of likely N-dealkylation sites (tertiary alicyclic amines) is 1. The second kappa shape index (κ2) is 14.2. The van der Waals surface area contributed by atoms with Crippen LogP contribution in [0.3, 0.4) is 0 Å². The summed E-state index contributed by atoms with van der Waals surface area (Å²) in [6, 6.07) is 4.17. The normalized spacial score (nSPS) is 17.5. The molecule has 3 atom stereocenters. The summed E-state index contributed by atoms with van der Waals surface area (Å²) in [5, 5.41) is 13.8. The van der Waals surface area contributed by atoms with Crippen molar-refractivity contribution in [3.63, 3.8) is 0 Å². The Morgan fingerprint density at radius 2 is 1.59 bits per heavy atom. The van der Waals surface area contributed by atoms with E-state index in [1.807, 2.05) is 0 Å². The number of halogens is 3. The van der Waals surface area contributed by atoms with Gasteiger partial charge in [0.1, 0.15) is 17.6 Å². The summed E-state index contributed by atoms with van der Waals surface area (Å²) < 4.78 is 40.0. The largest absolute Gasteiger partial charge is 0.480 e. The summed E-state index contributed by atoms with van der Waals surface area (Å²) in [5.74, 6) is -3.91. The molecule has 1 unspecified atom stereocenters. The number of rotatable bonds is 13. The Morgan fingerprint density at radius 3 is 2.13 bits per heavy atom. The summed E-state index contributed by atoms with van der Waals surface area (Å²) in [5.41, 5.74) is 16.5. The van der Waals surface area contributed by atoms with Crippen molar-refractivity contribution in [1.29, 1.82) is 0 Å². The van der Waals surface area contributed by atoms with Gasteiger partial charge >= 0.3 is 12.1 Å². The number of nitrogens with one attached hydrogen (secondary N) is 2. The highest BCUT2D eigenvalue weighted by molar-refractivity contribution is 5.93. The zero-order valence-corrected chi connectivity index (χ0v) is 21.6. The Bertz CT molecular complexity index is 986. The minimum absolute atomic E-state index is 0.00193. The maximum atomic E-state index is 13.3. The molecule has 0 aliphatic carbocycles. The summed E-state index contributed by atoms with van der Waals surface area (Å²) in [6.45, 7) is 0.308. The van der Waals surface area contributed by atoms with Crippen molar-refractivity contribution in [3.8, 4) is 0 Å². The van der Waals surface area contributed by atoms with Crippen LogP contribution in [0.15, 0.2) is 30.3 Å². The first-order chi connectivity index (χ1) is 18.3. The minimum atomic E-state index is -4.80. The lowest BCUT2D eigenvalue weighted by Gasteiger charge is -2.38. The fourth-order valence-corrected chi connectivity index (χ4v) is 4.26. The third kappa shape index (κ3) is 10.1. The van der Waals surface area contributed by atoms with Gasteiger partial charge in [-0.2, -0.15) is 13.2 Å². The van der Waals surface area contributed by atoms with Gasteiger partial charge in [0.2, 0.25) is 17.7 Å². The van der Waals surface area contributed by atoms with E-state index in [1.165, 1.54) is 4.90 Å². The molecule has 1 aromatic carbocycles. The predicted molar refractivity (Wildman–Crippen MR) is 136 cm³/mol. The van der Waals surface area contributed by atoms with Crippen LogP contribution >= 0.6 is 0 Å². The van der Waals surface area contributed by atoms with Gasteiger partial charge in [0.25, 0.3) is 0 Å². The zero-order valence-electron chi connectivity index (χ0n) is 21.6. The van der Waals surface area contributed by atoms with Crippen molar-refractivity contribution in [1.82, 2.24) is 15.5 Å². The van der Waals surface area contributed by atoms with Gasteiger partial charge in [-0.05, 0) is 50.6 Å². The number of nitrogens with two attached hydrogens (primary N) is 3. The van der Waals surface area contributed by atoms with Gasteiger partial charge in [0, 0.05) is 13.1 Å². The van der Waals surface area contributed by atoms with E-state index in [0.717, 1.165) is 0 Å². The van der Waals surface area contributed by atoms with E-state index in [2.05, 4.69) is 10.6 Å². The van der Waals surface area contributed by atoms with E-state index in [-0.39, 0.29) is 38.8 Å². The van der Waals surface area contributed by atoms with Crippen molar-refractivity contribution < 1.29 is 37.5 Å². The number of hydrogen-bond donors (Lipinski definition) is 6. The number of carbonyl (C=O) groups excluding carboxylic acids is 3. The molecule has 218 valence electrons. The smallest absolute Gasteiger partial charge is 0.391 e. The van der Waals surface area contributed by atoms with Crippen molar-refractivity contribution in [2.45, 2.75) is 74.8 Å². The molecule has 0 radical (unpaired) electrons. The lowest BCUT2D eigenvalue weighted by atomic mass is 9.88. The average Bonchev–Trinajstić information content (AvgIpc) is 2.87. The topological polar surface area (TPSA) is 194 Å². The Kier molecular flexibility index (Phi) is 11.7. The lowest BCUT2D eigenvalue weighted by Crippen LogP contribution is -2.60. The minimum Gasteiger partial charge on any atom is -0.480 e. The van der Waals surface area contributed by atoms with E-state index in [4.69, 9.17) is 17.2 Å². The Hall–Kier alpha value is -3.23. The van der Waals surface area contributed by atoms with E-state index in [0.29, 0.717) is 24.9 Å². The SMILES string of the molecule is NCCCC[C@@H](NC(=O)C(CC(F)(F)F)NC(=O)[C@H](N)Cc1ccccc1)C(=O)N1CCC(N)(C(=O)O)CC1. The number of carbonyl (C=O) groups is 4. The highest BCUT2D eigenvalue weighted by Gasteiger charge is 2.41. The second-order valence-electron chi connectivity index (χ2n) is 9.81. The first-order valence-electron chi connectivity index (χ1n) is 12.7. The Morgan fingerprint density at radius 1 is 1.00 bits per heavy atom. The number of carboxylic acids is 1. The van der Waals surface area contributed by atoms with E-state index in [9.17, 15) is 37.5 Å². The van der Waals surface area contributed by atoms with Gasteiger partial charge in [-0.1, -0.05) is 30.3 Å². The molecule has 14 heteroatoms. The average molecular weight is 559 g/mol. The van der Waals surface area contributed by atoms with Crippen molar-refractivity contribution in [3.05, 3.63) is 35.9 Å². The Labute approximate surface area is 224 Å². The highest BCUT2D eigenvalue weighted by Crippen LogP contribution is 2.23. The number of carboxylic acid groups (broad SMARTS) is 1. The van der Waals surface area contributed by atoms with Crippen LogP contribution in [-0.4, -0.2) is 83.2 Å². The van der Waals surface area contributed by atoms with Gasteiger partial charge < -0.3 is 37.8 Å². The molecule has 11 nitrogen and oxygen atoms in total. The summed E-state index contributed by atoms with van der Waals surface area (Å²) in [4.78, 5) is 51.6. The summed E-state index contributed by atoms with van der Waals surface area (Å²) in [6.07, 6.45) is -5.48. The maximum Gasteiger partial charge on any atom is 0.391 e. The van der Waals surface area contributed by atoms with Crippen LogP contribution in [0.5, 0.6) is 0 Å². The van der Waals surface area contributed by atoms with Gasteiger partial charge in [-0.3, -0.25) is 19.2 Å². The number of nitrogens with zero attached hydrogens (tertiary/aromatic N) is 1.